The molecule has 1 aliphatic rings. The standard InChI is InChI=1S/C10H11NO4/c1-7(12)15-11-9-3-4-10(13)8(5-9)6-14-2/h3-5H,6H2,1-2H3. The second kappa shape index (κ2) is 5.21. The van der Waals surface area contributed by atoms with Gasteiger partial charge in [-0.25, -0.2) is 4.79 Å². The third-order valence-electron chi connectivity index (χ3n) is 1.62. The van der Waals surface area contributed by atoms with Gasteiger partial charge in [0.15, 0.2) is 5.78 Å². The topological polar surface area (TPSA) is 65.0 Å². The van der Waals surface area contributed by atoms with E-state index in [0.717, 1.165) is 0 Å². The van der Waals surface area contributed by atoms with Gasteiger partial charge in [0.25, 0.3) is 0 Å². The first-order chi connectivity index (χ1) is 7.13. The quantitative estimate of drug-likeness (QED) is 0.388. The minimum absolute atomic E-state index is 0.126. The van der Waals surface area contributed by atoms with Crippen LogP contribution >= 0.6 is 0 Å². The van der Waals surface area contributed by atoms with Crippen molar-refractivity contribution in [1.82, 2.24) is 0 Å². The Morgan fingerprint density at radius 3 is 2.80 bits per heavy atom. The maximum Gasteiger partial charge on any atom is 0.331 e. The van der Waals surface area contributed by atoms with Gasteiger partial charge in [-0.05, 0) is 18.2 Å². The van der Waals surface area contributed by atoms with E-state index in [2.05, 4.69) is 9.99 Å². The van der Waals surface area contributed by atoms with Crippen LogP contribution in [0.15, 0.2) is 29.0 Å². The zero-order valence-electron chi connectivity index (χ0n) is 8.52. The van der Waals surface area contributed by atoms with Crippen molar-refractivity contribution < 1.29 is 19.2 Å². The molecule has 0 unspecified atom stereocenters. The highest BCUT2D eigenvalue weighted by Gasteiger charge is 2.12. The molecule has 0 amide bonds. The number of ketones is 1. The molecular weight excluding hydrogens is 198 g/mol. The van der Waals surface area contributed by atoms with E-state index in [1.165, 1.54) is 32.3 Å². The highest BCUT2D eigenvalue weighted by atomic mass is 16.7. The molecule has 15 heavy (non-hydrogen) atoms. The third kappa shape index (κ3) is 3.47. The fourth-order valence-electron chi connectivity index (χ4n) is 1.01. The first-order valence-corrected chi connectivity index (χ1v) is 4.31. The summed E-state index contributed by atoms with van der Waals surface area (Å²) in [5.74, 6) is -0.631. The fourth-order valence-corrected chi connectivity index (χ4v) is 1.01. The van der Waals surface area contributed by atoms with Gasteiger partial charge in [-0.15, -0.1) is 0 Å². The summed E-state index contributed by atoms with van der Waals surface area (Å²) >= 11 is 0. The highest BCUT2D eigenvalue weighted by Crippen LogP contribution is 2.06. The average molecular weight is 209 g/mol. The van der Waals surface area contributed by atoms with E-state index in [9.17, 15) is 9.59 Å². The molecule has 5 heteroatoms. The Hall–Kier alpha value is -1.75. The van der Waals surface area contributed by atoms with Crippen molar-refractivity contribution in [3.63, 3.8) is 0 Å². The summed E-state index contributed by atoms with van der Waals surface area (Å²) in [4.78, 5) is 26.2. The number of ether oxygens (including phenoxy) is 1. The SMILES string of the molecule is COCC1=CC(=NOC(C)=O)C=CC1=O. The van der Waals surface area contributed by atoms with Gasteiger partial charge in [0.2, 0.25) is 0 Å². The van der Waals surface area contributed by atoms with Gasteiger partial charge < -0.3 is 9.57 Å². The first kappa shape index (κ1) is 11.3. The van der Waals surface area contributed by atoms with Crippen molar-refractivity contribution in [3.8, 4) is 0 Å². The Balaban J connectivity index is 2.76. The molecule has 0 saturated heterocycles. The van der Waals surface area contributed by atoms with Crippen LogP contribution in [0.1, 0.15) is 6.92 Å². The van der Waals surface area contributed by atoms with Gasteiger partial charge in [0.05, 0.1) is 6.61 Å². The lowest BCUT2D eigenvalue weighted by Gasteiger charge is -2.06. The van der Waals surface area contributed by atoms with Crippen molar-refractivity contribution in [2.75, 3.05) is 13.7 Å². The average Bonchev–Trinajstić information content (AvgIpc) is 2.19. The lowest BCUT2D eigenvalue weighted by molar-refractivity contribution is -0.140. The third-order valence-corrected chi connectivity index (χ3v) is 1.62. The van der Waals surface area contributed by atoms with E-state index in [-0.39, 0.29) is 12.4 Å². The van der Waals surface area contributed by atoms with Crippen LogP contribution in [0.3, 0.4) is 0 Å². The molecule has 0 atom stereocenters. The summed E-state index contributed by atoms with van der Waals surface area (Å²) in [6.45, 7) is 1.46. The van der Waals surface area contributed by atoms with E-state index >= 15 is 0 Å². The van der Waals surface area contributed by atoms with E-state index in [1.807, 2.05) is 0 Å². The van der Waals surface area contributed by atoms with Crippen LogP contribution in [0.4, 0.5) is 0 Å². The molecule has 0 fully saturated rings. The smallest absolute Gasteiger partial charge is 0.331 e. The highest BCUT2D eigenvalue weighted by molar-refractivity contribution is 6.19. The van der Waals surface area contributed by atoms with Gasteiger partial charge in [0.1, 0.15) is 5.71 Å². The Morgan fingerprint density at radius 1 is 1.47 bits per heavy atom. The van der Waals surface area contributed by atoms with Crippen LogP contribution < -0.4 is 0 Å². The predicted molar refractivity (Wildman–Crippen MR) is 53.3 cm³/mol. The van der Waals surface area contributed by atoms with Crippen LogP contribution in [0.25, 0.3) is 0 Å². The lowest BCUT2D eigenvalue weighted by atomic mass is 10.0. The predicted octanol–water partition coefficient (Wildman–Crippen LogP) is 0.617. The van der Waals surface area contributed by atoms with E-state index in [4.69, 9.17) is 4.74 Å². The van der Waals surface area contributed by atoms with Crippen LogP contribution in [0.2, 0.25) is 0 Å². The largest absolute Gasteiger partial charge is 0.380 e. The molecule has 0 bridgehead atoms. The number of oxime groups is 1. The van der Waals surface area contributed by atoms with Crippen LogP contribution in [0.5, 0.6) is 0 Å². The summed E-state index contributed by atoms with van der Waals surface area (Å²) in [6, 6.07) is 0. The second-order valence-electron chi connectivity index (χ2n) is 2.90. The molecule has 0 heterocycles. The van der Waals surface area contributed by atoms with Crippen LogP contribution in [0, 0.1) is 0 Å². The van der Waals surface area contributed by atoms with E-state index in [0.29, 0.717) is 11.3 Å². The van der Waals surface area contributed by atoms with Gasteiger partial charge in [-0.1, -0.05) is 5.16 Å². The van der Waals surface area contributed by atoms with Crippen molar-refractivity contribution in [2.24, 2.45) is 5.16 Å². The summed E-state index contributed by atoms with van der Waals surface area (Å²) < 4.78 is 4.84. The zero-order chi connectivity index (χ0) is 11.3. The van der Waals surface area contributed by atoms with Crippen molar-refractivity contribution in [1.29, 1.82) is 0 Å². The molecule has 1 rings (SSSR count). The van der Waals surface area contributed by atoms with Gasteiger partial charge in [0, 0.05) is 19.6 Å². The molecule has 80 valence electrons. The minimum Gasteiger partial charge on any atom is -0.380 e. The summed E-state index contributed by atoms with van der Waals surface area (Å²) in [5.41, 5.74) is 0.891. The van der Waals surface area contributed by atoms with Crippen LogP contribution in [-0.4, -0.2) is 31.2 Å². The fraction of sp³-hybridized carbons (Fsp3) is 0.300. The molecule has 0 aromatic carbocycles. The number of hydrogen-bond acceptors (Lipinski definition) is 5. The molecule has 0 radical (unpaired) electrons. The normalized spacial score (nSPS) is 17.9. The molecular formula is C10H11NO4. The number of carbonyl (C=O) groups excluding carboxylic acids is 2. The molecule has 1 aliphatic carbocycles. The number of methoxy groups -OCH3 is 1. The number of nitrogens with zero attached hydrogens (tertiary/aromatic N) is 1. The molecule has 0 aromatic heterocycles. The monoisotopic (exact) mass is 209 g/mol. The van der Waals surface area contributed by atoms with Crippen molar-refractivity contribution >= 4 is 17.5 Å². The number of carbonyl (C=O) groups is 2. The Labute approximate surface area is 87.0 Å². The van der Waals surface area contributed by atoms with Crippen molar-refractivity contribution in [2.45, 2.75) is 6.92 Å². The minimum atomic E-state index is -0.505. The number of rotatable bonds is 3. The van der Waals surface area contributed by atoms with Gasteiger partial charge >= 0.3 is 5.97 Å². The van der Waals surface area contributed by atoms with E-state index in [1.54, 1.807) is 0 Å². The first-order valence-electron chi connectivity index (χ1n) is 4.31. The molecule has 5 nitrogen and oxygen atoms in total. The molecule has 0 aliphatic heterocycles. The Morgan fingerprint density at radius 2 is 2.20 bits per heavy atom. The lowest BCUT2D eigenvalue weighted by Crippen LogP contribution is -2.12. The Bertz CT molecular complexity index is 366. The number of hydrogen-bond donors (Lipinski definition) is 0. The molecule has 0 saturated carbocycles. The maximum absolute atomic E-state index is 11.3. The number of allylic oxidation sites excluding steroid dienone is 3. The molecule has 0 spiro atoms. The Kier molecular flexibility index (Phi) is 3.93. The molecule has 0 aromatic rings. The summed E-state index contributed by atoms with van der Waals surface area (Å²) in [6.07, 6.45) is 4.36. The summed E-state index contributed by atoms with van der Waals surface area (Å²) in [7, 11) is 1.50. The zero-order valence-corrected chi connectivity index (χ0v) is 8.52. The molecule has 0 N–H and O–H groups in total. The van der Waals surface area contributed by atoms with Gasteiger partial charge in [-0.3, -0.25) is 4.79 Å². The maximum atomic E-state index is 11.3. The van der Waals surface area contributed by atoms with Crippen LogP contribution in [-0.2, 0) is 19.2 Å². The summed E-state index contributed by atoms with van der Waals surface area (Å²) in [5, 5.41) is 3.55. The van der Waals surface area contributed by atoms with Crippen molar-refractivity contribution in [3.05, 3.63) is 23.8 Å². The van der Waals surface area contributed by atoms with Gasteiger partial charge in [-0.2, -0.15) is 0 Å². The second-order valence-corrected chi connectivity index (χ2v) is 2.90. The van der Waals surface area contributed by atoms with E-state index < -0.39 is 5.97 Å².